The Balaban J connectivity index is 1.70. The number of fused-ring (bicyclic) bond motifs is 1. The van der Waals surface area contributed by atoms with E-state index in [4.69, 9.17) is 22.1 Å². The minimum absolute atomic E-state index is 0.266. The van der Waals surface area contributed by atoms with Gasteiger partial charge in [-0.3, -0.25) is 0 Å². The predicted octanol–water partition coefficient (Wildman–Crippen LogP) is 4.62. The molecule has 0 saturated carbocycles. The van der Waals surface area contributed by atoms with Gasteiger partial charge in [0.15, 0.2) is 5.65 Å². The number of ether oxygens (including phenoxy) is 1. The van der Waals surface area contributed by atoms with Crippen LogP contribution >= 0.6 is 23.4 Å². The average molecular weight is 392 g/mol. The summed E-state index contributed by atoms with van der Waals surface area (Å²) in [6, 6.07) is 3.74. The van der Waals surface area contributed by atoms with Gasteiger partial charge in [-0.25, -0.2) is 15.0 Å². The minimum atomic E-state index is 0.266. The molecule has 0 aliphatic rings. The van der Waals surface area contributed by atoms with E-state index in [-0.39, 0.29) is 5.41 Å². The zero-order chi connectivity index (χ0) is 18.7. The molecule has 3 aromatic heterocycles. The van der Waals surface area contributed by atoms with Crippen molar-refractivity contribution in [2.45, 2.75) is 43.8 Å². The minimum Gasteiger partial charge on any atom is -0.382 e. The number of anilines is 1. The molecule has 0 atom stereocenters. The quantitative estimate of drug-likeness (QED) is 0.617. The number of rotatable bonds is 6. The molecule has 0 bridgehead atoms. The summed E-state index contributed by atoms with van der Waals surface area (Å²) in [5.41, 5.74) is 7.62. The van der Waals surface area contributed by atoms with E-state index in [9.17, 15) is 0 Å². The van der Waals surface area contributed by atoms with Crippen LogP contribution in [0.5, 0.6) is 0 Å². The van der Waals surface area contributed by atoms with Gasteiger partial charge in [-0.2, -0.15) is 0 Å². The summed E-state index contributed by atoms with van der Waals surface area (Å²) in [6.45, 7) is 7.79. The van der Waals surface area contributed by atoms with Crippen LogP contribution in [-0.2, 0) is 11.5 Å². The third-order valence-electron chi connectivity index (χ3n) is 3.76. The third-order valence-corrected chi connectivity index (χ3v) is 5.24. The van der Waals surface area contributed by atoms with Gasteiger partial charge in [-0.05, 0) is 24.0 Å². The van der Waals surface area contributed by atoms with E-state index in [0.717, 1.165) is 27.5 Å². The molecule has 26 heavy (non-hydrogen) atoms. The lowest BCUT2D eigenvalue weighted by molar-refractivity contribution is 0.0610. The van der Waals surface area contributed by atoms with E-state index in [1.54, 1.807) is 12.4 Å². The Labute approximate surface area is 162 Å². The number of pyridine rings is 1. The Kier molecular flexibility index (Phi) is 5.70. The van der Waals surface area contributed by atoms with Crippen molar-refractivity contribution in [2.75, 3.05) is 12.3 Å². The number of hydrogen-bond donors (Lipinski definition) is 1. The van der Waals surface area contributed by atoms with Crippen LogP contribution in [0.2, 0.25) is 5.02 Å². The zero-order valence-electron chi connectivity index (χ0n) is 15.1. The molecule has 8 heteroatoms. The fourth-order valence-electron chi connectivity index (χ4n) is 2.27. The SMILES string of the molecule is CC(C)(C)CCOCn1ccc2nc(Sc3ccnc(N)c3Cl)cnc21. The monoisotopic (exact) mass is 391 g/mol. The van der Waals surface area contributed by atoms with E-state index < -0.39 is 0 Å². The van der Waals surface area contributed by atoms with E-state index in [0.29, 0.717) is 24.2 Å². The van der Waals surface area contributed by atoms with Crippen molar-refractivity contribution >= 4 is 40.3 Å². The average Bonchev–Trinajstić information content (AvgIpc) is 2.97. The Morgan fingerprint density at radius 2 is 2.08 bits per heavy atom. The maximum atomic E-state index is 6.19. The van der Waals surface area contributed by atoms with Crippen LogP contribution in [0.15, 0.2) is 40.6 Å². The maximum absolute atomic E-state index is 6.19. The summed E-state index contributed by atoms with van der Waals surface area (Å²) in [4.78, 5) is 13.9. The van der Waals surface area contributed by atoms with Crippen LogP contribution in [-0.4, -0.2) is 26.1 Å². The Hall–Kier alpha value is -1.83. The molecule has 0 radical (unpaired) electrons. The summed E-state index contributed by atoms with van der Waals surface area (Å²) in [6.07, 6.45) is 6.30. The van der Waals surface area contributed by atoms with Crippen LogP contribution in [0.3, 0.4) is 0 Å². The second kappa shape index (κ2) is 7.82. The molecular formula is C18H22ClN5OS. The van der Waals surface area contributed by atoms with Gasteiger partial charge in [0.2, 0.25) is 0 Å². The normalized spacial score (nSPS) is 12.0. The summed E-state index contributed by atoms with van der Waals surface area (Å²) in [5, 5.41) is 1.18. The Morgan fingerprint density at radius 3 is 2.85 bits per heavy atom. The number of nitrogens with two attached hydrogens (primary N) is 1. The highest BCUT2D eigenvalue weighted by Crippen LogP contribution is 2.34. The summed E-state index contributed by atoms with van der Waals surface area (Å²) in [5.74, 6) is 0.310. The van der Waals surface area contributed by atoms with E-state index in [1.165, 1.54) is 11.8 Å². The first-order chi connectivity index (χ1) is 12.3. The van der Waals surface area contributed by atoms with Gasteiger partial charge in [0.25, 0.3) is 0 Å². The van der Waals surface area contributed by atoms with Gasteiger partial charge in [-0.1, -0.05) is 44.1 Å². The summed E-state index contributed by atoms with van der Waals surface area (Å²) in [7, 11) is 0. The Bertz CT molecular complexity index is 906. The van der Waals surface area contributed by atoms with Crippen LogP contribution < -0.4 is 5.73 Å². The molecule has 0 aliphatic carbocycles. The first kappa shape index (κ1) is 18.9. The van der Waals surface area contributed by atoms with Gasteiger partial charge < -0.3 is 15.0 Å². The molecule has 0 amide bonds. The fourth-order valence-corrected chi connectivity index (χ4v) is 3.30. The lowest BCUT2D eigenvalue weighted by atomic mass is 9.93. The number of nitrogen functional groups attached to an aromatic ring is 1. The zero-order valence-corrected chi connectivity index (χ0v) is 16.6. The molecule has 2 N–H and O–H groups in total. The van der Waals surface area contributed by atoms with Crippen molar-refractivity contribution in [1.29, 1.82) is 0 Å². The molecule has 0 spiro atoms. The summed E-state index contributed by atoms with van der Waals surface area (Å²) < 4.78 is 7.72. The summed E-state index contributed by atoms with van der Waals surface area (Å²) >= 11 is 7.60. The van der Waals surface area contributed by atoms with Gasteiger partial charge >= 0.3 is 0 Å². The molecule has 0 saturated heterocycles. The maximum Gasteiger partial charge on any atom is 0.160 e. The third kappa shape index (κ3) is 4.66. The first-order valence-electron chi connectivity index (χ1n) is 8.31. The molecule has 3 aromatic rings. The molecule has 138 valence electrons. The van der Waals surface area contributed by atoms with Crippen molar-refractivity contribution in [2.24, 2.45) is 5.41 Å². The molecule has 0 fully saturated rings. The predicted molar refractivity (Wildman–Crippen MR) is 105 cm³/mol. The van der Waals surface area contributed by atoms with Crippen LogP contribution in [0, 0.1) is 5.41 Å². The van der Waals surface area contributed by atoms with Crippen LogP contribution in [0.4, 0.5) is 5.82 Å². The van der Waals surface area contributed by atoms with E-state index in [1.807, 2.05) is 22.9 Å². The number of halogens is 1. The topological polar surface area (TPSA) is 78.8 Å². The highest BCUT2D eigenvalue weighted by atomic mass is 35.5. The highest BCUT2D eigenvalue weighted by Gasteiger charge is 2.12. The second-order valence-corrected chi connectivity index (χ2v) is 8.60. The van der Waals surface area contributed by atoms with Crippen molar-refractivity contribution < 1.29 is 4.74 Å². The van der Waals surface area contributed by atoms with Gasteiger partial charge in [-0.15, -0.1) is 0 Å². The van der Waals surface area contributed by atoms with Crippen LogP contribution in [0.25, 0.3) is 11.2 Å². The van der Waals surface area contributed by atoms with Crippen LogP contribution in [0.1, 0.15) is 27.2 Å². The standard InChI is InChI=1S/C18H22ClN5OS/c1-18(2,3)6-9-25-11-24-8-5-12-17(24)22-10-14(23-12)26-13-4-7-21-16(20)15(13)19/h4-5,7-8,10H,6,9,11H2,1-3H3,(H2,20,21). The smallest absolute Gasteiger partial charge is 0.160 e. The molecule has 6 nitrogen and oxygen atoms in total. The largest absolute Gasteiger partial charge is 0.382 e. The molecular weight excluding hydrogens is 370 g/mol. The van der Waals surface area contributed by atoms with Crippen molar-refractivity contribution in [1.82, 2.24) is 19.5 Å². The van der Waals surface area contributed by atoms with Gasteiger partial charge in [0.05, 0.1) is 11.2 Å². The number of nitrogens with zero attached hydrogens (tertiary/aromatic N) is 4. The van der Waals surface area contributed by atoms with E-state index in [2.05, 4.69) is 35.7 Å². The molecule has 3 rings (SSSR count). The van der Waals surface area contributed by atoms with Crippen molar-refractivity contribution in [3.8, 4) is 0 Å². The second-order valence-electron chi connectivity index (χ2n) is 7.16. The number of aromatic nitrogens is 4. The number of hydrogen-bond acceptors (Lipinski definition) is 6. The van der Waals surface area contributed by atoms with Crippen molar-refractivity contribution in [3.05, 3.63) is 35.7 Å². The lowest BCUT2D eigenvalue weighted by Gasteiger charge is -2.17. The molecule has 3 heterocycles. The lowest BCUT2D eigenvalue weighted by Crippen LogP contribution is -2.11. The molecule has 0 aliphatic heterocycles. The van der Waals surface area contributed by atoms with Gasteiger partial charge in [0.1, 0.15) is 23.1 Å². The first-order valence-corrected chi connectivity index (χ1v) is 9.50. The molecule has 0 unspecified atom stereocenters. The van der Waals surface area contributed by atoms with Crippen molar-refractivity contribution in [3.63, 3.8) is 0 Å². The Morgan fingerprint density at radius 1 is 1.27 bits per heavy atom. The molecule has 0 aromatic carbocycles. The van der Waals surface area contributed by atoms with E-state index >= 15 is 0 Å². The van der Waals surface area contributed by atoms with Gasteiger partial charge in [0, 0.05) is 23.9 Å². The highest BCUT2D eigenvalue weighted by molar-refractivity contribution is 7.99. The fraction of sp³-hybridized carbons (Fsp3) is 0.389.